The molecular formula is C13H13Cl2NO3. The second kappa shape index (κ2) is 5.02. The van der Waals surface area contributed by atoms with E-state index in [9.17, 15) is 9.59 Å². The molecule has 1 aliphatic carbocycles. The van der Waals surface area contributed by atoms with Crippen LogP contribution in [0.1, 0.15) is 18.4 Å². The van der Waals surface area contributed by atoms with Gasteiger partial charge in [-0.15, -0.1) is 0 Å². The number of ether oxygens (including phenoxy) is 1. The summed E-state index contributed by atoms with van der Waals surface area (Å²) in [7, 11) is 1.28. The molecule has 4 nitrogen and oxygen atoms in total. The number of hydrogen-bond donors (Lipinski definition) is 1. The largest absolute Gasteiger partial charge is 0.468 e. The van der Waals surface area contributed by atoms with Crippen molar-refractivity contribution < 1.29 is 14.3 Å². The van der Waals surface area contributed by atoms with E-state index in [-0.39, 0.29) is 5.91 Å². The van der Waals surface area contributed by atoms with E-state index < -0.39 is 11.4 Å². The Balaban J connectivity index is 2.21. The number of carbonyl (C=O) groups is 2. The van der Waals surface area contributed by atoms with Crippen molar-refractivity contribution in [3.8, 4) is 0 Å². The third-order valence-corrected chi connectivity index (χ3v) is 4.00. The Morgan fingerprint density at radius 3 is 2.37 bits per heavy atom. The molecule has 1 amide bonds. The van der Waals surface area contributed by atoms with Crippen LogP contribution in [0.2, 0.25) is 10.0 Å². The van der Waals surface area contributed by atoms with Crippen LogP contribution in [-0.2, 0) is 14.3 Å². The summed E-state index contributed by atoms with van der Waals surface area (Å²) < 4.78 is 4.66. The molecule has 0 saturated heterocycles. The Morgan fingerprint density at radius 2 is 1.84 bits per heavy atom. The van der Waals surface area contributed by atoms with E-state index in [1.54, 1.807) is 19.1 Å². The smallest absolute Gasteiger partial charge is 0.321 e. The molecule has 0 atom stereocenters. The van der Waals surface area contributed by atoms with Crippen LogP contribution in [0.5, 0.6) is 0 Å². The molecule has 0 spiro atoms. The summed E-state index contributed by atoms with van der Waals surface area (Å²) in [6.45, 7) is 1.80. The first-order chi connectivity index (χ1) is 8.90. The Labute approximate surface area is 121 Å². The summed E-state index contributed by atoms with van der Waals surface area (Å²) in [5.74, 6) is -0.858. The van der Waals surface area contributed by atoms with Crippen LogP contribution >= 0.6 is 23.2 Å². The third-order valence-electron chi connectivity index (χ3n) is 3.28. The van der Waals surface area contributed by atoms with Gasteiger partial charge in [0.05, 0.1) is 17.2 Å². The van der Waals surface area contributed by atoms with Crippen molar-refractivity contribution in [2.45, 2.75) is 19.8 Å². The van der Waals surface area contributed by atoms with E-state index >= 15 is 0 Å². The van der Waals surface area contributed by atoms with Crippen molar-refractivity contribution >= 4 is 40.8 Å². The van der Waals surface area contributed by atoms with Crippen molar-refractivity contribution in [3.63, 3.8) is 0 Å². The maximum Gasteiger partial charge on any atom is 0.321 e. The van der Waals surface area contributed by atoms with Gasteiger partial charge in [-0.3, -0.25) is 9.59 Å². The minimum Gasteiger partial charge on any atom is -0.468 e. The first kappa shape index (κ1) is 14.2. The Bertz CT molecular complexity index is 553. The van der Waals surface area contributed by atoms with Crippen LogP contribution in [0.15, 0.2) is 12.1 Å². The predicted octanol–water partition coefficient (Wildman–Crippen LogP) is 3.19. The van der Waals surface area contributed by atoms with Gasteiger partial charge in [-0.1, -0.05) is 23.2 Å². The summed E-state index contributed by atoms with van der Waals surface area (Å²) in [5.41, 5.74) is 0.297. The molecular weight excluding hydrogens is 289 g/mol. The number of benzene rings is 1. The zero-order chi connectivity index (χ0) is 14.2. The summed E-state index contributed by atoms with van der Waals surface area (Å²) in [4.78, 5) is 23.8. The van der Waals surface area contributed by atoms with Crippen molar-refractivity contribution in [2.75, 3.05) is 12.4 Å². The summed E-state index contributed by atoms with van der Waals surface area (Å²) in [6.07, 6.45) is 1.01. The van der Waals surface area contributed by atoms with Crippen molar-refractivity contribution in [1.82, 2.24) is 0 Å². The van der Waals surface area contributed by atoms with Crippen LogP contribution in [-0.4, -0.2) is 19.0 Å². The molecule has 102 valence electrons. The van der Waals surface area contributed by atoms with Crippen LogP contribution < -0.4 is 5.32 Å². The lowest BCUT2D eigenvalue weighted by molar-refractivity contribution is -0.150. The number of rotatable bonds is 3. The van der Waals surface area contributed by atoms with E-state index in [1.807, 2.05) is 0 Å². The van der Waals surface area contributed by atoms with Crippen LogP contribution in [0.3, 0.4) is 0 Å². The first-order valence-electron chi connectivity index (χ1n) is 5.76. The highest BCUT2D eigenvalue weighted by atomic mass is 35.5. The van der Waals surface area contributed by atoms with Gasteiger partial charge < -0.3 is 10.1 Å². The normalized spacial score (nSPS) is 15.8. The Morgan fingerprint density at radius 1 is 1.26 bits per heavy atom. The van der Waals surface area contributed by atoms with Gasteiger partial charge >= 0.3 is 5.97 Å². The fraction of sp³-hybridized carbons (Fsp3) is 0.385. The first-order valence-corrected chi connectivity index (χ1v) is 6.52. The van der Waals surface area contributed by atoms with Gasteiger partial charge in [-0.2, -0.15) is 0 Å². The van der Waals surface area contributed by atoms with Crippen LogP contribution in [0.25, 0.3) is 0 Å². The van der Waals surface area contributed by atoms with E-state index in [0.29, 0.717) is 28.6 Å². The summed E-state index contributed by atoms with van der Waals surface area (Å²) >= 11 is 11.8. The maximum atomic E-state index is 12.2. The molecule has 19 heavy (non-hydrogen) atoms. The lowest BCUT2D eigenvalue weighted by Crippen LogP contribution is -2.32. The monoisotopic (exact) mass is 301 g/mol. The quantitative estimate of drug-likeness (QED) is 0.689. The number of nitrogens with one attached hydrogen (secondary N) is 1. The maximum absolute atomic E-state index is 12.2. The number of hydrogen-bond acceptors (Lipinski definition) is 3. The Kier molecular flexibility index (Phi) is 3.74. The number of halogens is 2. The number of anilines is 1. The molecule has 0 radical (unpaired) electrons. The van der Waals surface area contributed by atoms with Crippen LogP contribution in [0, 0.1) is 12.3 Å². The fourth-order valence-corrected chi connectivity index (χ4v) is 2.25. The second-order valence-electron chi connectivity index (χ2n) is 4.61. The molecule has 1 N–H and O–H groups in total. The molecule has 2 rings (SSSR count). The molecule has 1 aromatic rings. The SMILES string of the molecule is COC(=O)C1(C(=O)Nc2cc(Cl)c(Cl)cc2C)CC1. The molecule has 1 aromatic carbocycles. The van der Waals surface area contributed by atoms with E-state index in [0.717, 1.165) is 5.56 Å². The molecule has 0 unspecified atom stereocenters. The molecule has 1 aliphatic rings. The van der Waals surface area contributed by atoms with Gasteiger partial charge in [0.15, 0.2) is 0 Å². The zero-order valence-electron chi connectivity index (χ0n) is 10.5. The third kappa shape index (κ3) is 2.55. The van der Waals surface area contributed by atoms with Crippen molar-refractivity contribution in [3.05, 3.63) is 27.7 Å². The average molecular weight is 302 g/mol. The summed E-state index contributed by atoms with van der Waals surface area (Å²) in [5, 5.41) is 3.49. The van der Waals surface area contributed by atoms with Gasteiger partial charge in [0.1, 0.15) is 5.41 Å². The van der Waals surface area contributed by atoms with Gasteiger partial charge in [0, 0.05) is 5.69 Å². The minimum atomic E-state index is -1.03. The molecule has 1 fully saturated rings. The lowest BCUT2D eigenvalue weighted by atomic mass is 10.1. The predicted molar refractivity (Wildman–Crippen MR) is 73.5 cm³/mol. The zero-order valence-corrected chi connectivity index (χ0v) is 12.1. The standard InChI is InChI=1S/C13H13Cl2NO3/c1-7-5-8(14)9(15)6-10(7)16-11(17)13(3-4-13)12(18)19-2/h5-6H,3-4H2,1-2H3,(H,16,17). The van der Waals surface area contributed by atoms with Gasteiger partial charge in [0.2, 0.25) is 5.91 Å². The van der Waals surface area contributed by atoms with Crippen LogP contribution in [0.4, 0.5) is 5.69 Å². The molecule has 0 bridgehead atoms. The highest BCUT2D eigenvalue weighted by Crippen LogP contribution is 2.47. The highest BCUT2D eigenvalue weighted by Gasteiger charge is 2.57. The van der Waals surface area contributed by atoms with E-state index in [4.69, 9.17) is 23.2 Å². The van der Waals surface area contributed by atoms with Gasteiger partial charge in [-0.25, -0.2) is 0 Å². The average Bonchev–Trinajstić information content (AvgIpc) is 3.16. The van der Waals surface area contributed by atoms with E-state index in [1.165, 1.54) is 7.11 Å². The van der Waals surface area contributed by atoms with Crippen molar-refractivity contribution in [2.24, 2.45) is 5.41 Å². The summed E-state index contributed by atoms with van der Waals surface area (Å²) in [6, 6.07) is 3.24. The van der Waals surface area contributed by atoms with E-state index in [2.05, 4.69) is 10.1 Å². The molecule has 1 saturated carbocycles. The second-order valence-corrected chi connectivity index (χ2v) is 5.42. The molecule has 0 heterocycles. The number of aryl methyl sites for hydroxylation is 1. The molecule has 0 aromatic heterocycles. The van der Waals surface area contributed by atoms with Crippen molar-refractivity contribution in [1.29, 1.82) is 0 Å². The van der Waals surface area contributed by atoms with Gasteiger partial charge in [0.25, 0.3) is 0 Å². The highest BCUT2D eigenvalue weighted by molar-refractivity contribution is 6.42. The fourth-order valence-electron chi connectivity index (χ4n) is 1.87. The topological polar surface area (TPSA) is 55.4 Å². The Hall–Kier alpha value is -1.26. The minimum absolute atomic E-state index is 0.352. The molecule has 6 heteroatoms. The molecule has 0 aliphatic heterocycles. The van der Waals surface area contributed by atoms with Gasteiger partial charge in [-0.05, 0) is 37.5 Å². The number of carbonyl (C=O) groups excluding carboxylic acids is 2. The lowest BCUT2D eigenvalue weighted by Gasteiger charge is -2.15. The number of amides is 1. The number of methoxy groups -OCH3 is 1. The number of esters is 1.